The van der Waals surface area contributed by atoms with Crippen LogP contribution in [0.3, 0.4) is 0 Å². The summed E-state index contributed by atoms with van der Waals surface area (Å²) in [6, 6.07) is 3.16. The number of ether oxygens (including phenoxy) is 1. The molecule has 33 heavy (non-hydrogen) atoms. The van der Waals surface area contributed by atoms with Crippen LogP contribution in [0.1, 0.15) is 64.5 Å². The average molecular weight is 470 g/mol. The lowest BCUT2D eigenvalue weighted by Crippen LogP contribution is -2.57. The van der Waals surface area contributed by atoms with Crippen molar-refractivity contribution in [1.29, 1.82) is 0 Å². The smallest absolute Gasteiger partial charge is 0.416 e. The predicted molar refractivity (Wildman–Crippen MR) is 120 cm³/mol. The number of carbonyl (C=O) groups is 2. The van der Waals surface area contributed by atoms with Crippen molar-refractivity contribution in [3.63, 3.8) is 0 Å². The molecule has 184 valence electrons. The first kappa shape index (κ1) is 25.2. The molecule has 1 aromatic carbocycles. The lowest BCUT2D eigenvalue weighted by atomic mass is 9.97. The number of anilines is 1. The van der Waals surface area contributed by atoms with Crippen LogP contribution in [0.25, 0.3) is 0 Å². The van der Waals surface area contributed by atoms with Gasteiger partial charge in [0, 0.05) is 31.4 Å². The summed E-state index contributed by atoms with van der Waals surface area (Å²) in [6.45, 7) is 8.80. The minimum Gasteiger partial charge on any atom is -0.444 e. The maximum atomic E-state index is 13.3. The molecular weight excluding hydrogens is 435 g/mol. The largest absolute Gasteiger partial charge is 0.444 e. The molecule has 0 bridgehead atoms. The Balaban J connectivity index is 1.71. The number of aryl methyl sites for hydroxylation is 1. The molecule has 0 saturated carbocycles. The van der Waals surface area contributed by atoms with Crippen LogP contribution >= 0.6 is 0 Å². The summed E-state index contributed by atoms with van der Waals surface area (Å²) in [5.74, 6) is -0.132. The van der Waals surface area contributed by atoms with E-state index in [1.54, 1.807) is 22.8 Å². The third kappa shape index (κ3) is 6.54. The molecule has 2 aliphatic heterocycles. The zero-order valence-electron chi connectivity index (χ0n) is 19.8. The highest BCUT2D eigenvalue weighted by Gasteiger charge is 2.37. The Labute approximate surface area is 193 Å². The van der Waals surface area contributed by atoms with Gasteiger partial charge in [0.05, 0.1) is 5.56 Å². The molecule has 2 aliphatic rings. The van der Waals surface area contributed by atoms with Crippen LogP contribution in [0, 0.1) is 0 Å². The number of nitrogens with zero attached hydrogens (tertiary/aromatic N) is 2. The van der Waals surface area contributed by atoms with Crippen molar-refractivity contribution in [2.45, 2.75) is 83.7 Å². The minimum atomic E-state index is -4.45. The maximum Gasteiger partial charge on any atom is 0.416 e. The van der Waals surface area contributed by atoms with Gasteiger partial charge in [0.1, 0.15) is 11.6 Å². The molecule has 1 unspecified atom stereocenters. The predicted octanol–water partition coefficient (Wildman–Crippen LogP) is 5.07. The van der Waals surface area contributed by atoms with Gasteiger partial charge in [-0.3, -0.25) is 4.79 Å². The Morgan fingerprint density at radius 1 is 1.12 bits per heavy atom. The number of benzene rings is 1. The second kappa shape index (κ2) is 9.81. The molecule has 2 atom stereocenters. The molecule has 9 heteroatoms. The lowest BCUT2D eigenvalue weighted by molar-refractivity contribution is -0.138. The van der Waals surface area contributed by atoms with Gasteiger partial charge in [-0.05, 0) is 76.6 Å². The van der Waals surface area contributed by atoms with Gasteiger partial charge in [-0.1, -0.05) is 6.92 Å². The number of nitrogens with one attached hydrogen (secondary N) is 1. The van der Waals surface area contributed by atoms with Crippen molar-refractivity contribution >= 4 is 17.7 Å². The fourth-order valence-corrected chi connectivity index (χ4v) is 4.44. The quantitative estimate of drug-likeness (QED) is 0.669. The summed E-state index contributed by atoms with van der Waals surface area (Å²) in [7, 11) is 0. The van der Waals surface area contributed by atoms with E-state index in [2.05, 4.69) is 5.32 Å². The number of alkyl halides is 3. The molecule has 0 aliphatic carbocycles. The first-order valence-corrected chi connectivity index (χ1v) is 11.6. The summed E-state index contributed by atoms with van der Waals surface area (Å²) in [4.78, 5) is 29.2. The topological polar surface area (TPSA) is 61.9 Å². The molecule has 0 spiro atoms. The number of hydrogen-bond acceptors (Lipinski definition) is 4. The van der Waals surface area contributed by atoms with Crippen LogP contribution in [0.5, 0.6) is 0 Å². The summed E-state index contributed by atoms with van der Waals surface area (Å²) in [6.07, 6.45) is -1.53. The molecular formula is C24H34F3N3O3. The fourth-order valence-electron chi connectivity index (χ4n) is 4.44. The maximum absolute atomic E-state index is 13.3. The molecule has 6 nitrogen and oxygen atoms in total. The highest BCUT2D eigenvalue weighted by molar-refractivity contribution is 5.86. The molecule has 3 rings (SSSR count). The average Bonchev–Trinajstić information content (AvgIpc) is 2.73. The van der Waals surface area contributed by atoms with Gasteiger partial charge in [0.15, 0.2) is 0 Å². The minimum absolute atomic E-state index is 0.129. The Morgan fingerprint density at radius 2 is 1.82 bits per heavy atom. The van der Waals surface area contributed by atoms with Gasteiger partial charge in [-0.25, -0.2) is 4.79 Å². The fraction of sp³-hybridized carbons (Fsp3) is 0.667. The third-order valence-corrected chi connectivity index (χ3v) is 6.03. The highest BCUT2D eigenvalue weighted by atomic mass is 19.4. The van der Waals surface area contributed by atoms with E-state index in [0.29, 0.717) is 43.7 Å². The van der Waals surface area contributed by atoms with Crippen LogP contribution in [0.15, 0.2) is 18.2 Å². The molecule has 0 aromatic heterocycles. The Bertz CT molecular complexity index is 867. The van der Waals surface area contributed by atoms with Crippen molar-refractivity contribution in [1.82, 2.24) is 9.80 Å². The Kier molecular flexibility index (Phi) is 7.49. The van der Waals surface area contributed by atoms with Crippen LogP contribution in [-0.2, 0) is 22.1 Å². The van der Waals surface area contributed by atoms with E-state index >= 15 is 0 Å². The molecule has 1 N–H and O–H groups in total. The number of carbonyl (C=O) groups excluding carboxylic acids is 2. The van der Waals surface area contributed by atoms with Crippen molar-refractivity contribution in [3.8, 4) is 0 Å². The van der Waals surface area contributed by atoms with Gasteiger partial charge in [0.25, 0.3) is 0 Å². The van der Waals surface area contributed by atoms with E-state index < -0.39 is 23.4 Å². The van der Waals surface area contributed by atoms with E-state index in [9.17, 15) is 22.8 Å². The van der Waals surface area contributed by atoms with E-state index in [-0.39, 0.29) is 18.0 Å². The van der Waals surface area contributed by atoms with Crippen molar-refractivity contribution in [3.05, 3.63) is 29.3 Å². The number of hydrogen-bond donors (Lipinski definition) is 1. The van der Waals surface area contributed by atoms with Crippen LogP contribution in [0.4, 0.5) is 23.7 Å². The first-order chi connectivity index (χ1) is 15.4. The summed E-state index contributed by atoms with van der Waals surface area (Å²) in [5.41, 5.74) is -0.444. The van der Waals surface area contributed by atoms with E-state index in [1.165, 1.54) is 0 Å². The first-order valence-electron chi connectivity index (χ1n) is 11.6. The normalized spacial score (nSPS) is 22.3. The van der Waals surface area contributed by atoms with Crippen molar-refractivity contribution < 1.29 is 27.5 Å². The Hall–Kier alpha value is -2.45. The van der Waals surface area contributed by atoms with Crippen LogP contribution < -0.4 is 5.32 Å². The van der Waals surface area contributed by atoms with Gasteiger partial charge < -0.3 is 19.9 Å². The highest BCUT2D eigenvalue weighted by Crippen LogP contribution is 2.33. The molecule has 2 saturated heterocycles. The molecule has 1 aromatic rings. The Morgan fingerprint density at radius 3 is 2.45 bits per heavy atom. The summed E-state index contributed by atoms with van der Waals surface area (Å²) < 4.78 is 45.4. The number of piperidine rings is 2. The van der Waals surface area contributed by atoms with E-state index in [1.807, 2.05) is 20.8 Å². The number of halogens is 3. The second-order valence-corrected chi connectivity index (χ2v) is 9.86. The standard InChI is InChI=1S/C24H34F3N3O3/c1-5-16-12-17(24(25,26)27)14-18(13-16)28-20-9-7-11-30(21(20)31)19-8-6-10-29(15-19)22(32)33-23(2,3)4/h12-14,19-20,28H,5-11,15H2,1-4H3/t19-,20?/m1/s1. The van der Waals surface area contributed by atoms with Crippen LogP contribution in [0.2, 0.25) is 0 Å². The molecule has 2 fully saturated rings. The zero-order valence-corrected chi connectivity index (χ0v) is 19.8. The second-order valence-electron chi connectivity index (χ2n) is 9.86. The number of likely N-dealkylation sites (tertiary alicyclic amines) is 2. The molecule has 2 amide bonds. The van der Waals surface area contributed by atoms with Gasteiger partial charge in [-0.15, -0.1) is 0 Å². The van der Waals surface area contributed by atoms with Crippen molar-refractivity contribution in [2.75, 3.05) is 25.0 Å². The van der Waals surface area contributed by atoms with Crippen LogP contribution in [-0.4, -0.2) is 59.1 Å². The zero-order chi connectivity index (χ0) is 24.4. The number of rotatable bonds is 4. The molecule has 2 heterocycles. The molecule has 0 radical (unpaired) electrons. The summed E-state index contributed by atoms with van der Waals surface area (Å²) in [5, 5.41) is 3.06. The number of amides is 2. The summed E-state index contributed by atoms with van der Waals surface area (Å²) >= 11 is 0. The SMILES string of the molecule is CCc1cc(NC2CCCN([C@@H]3CCCN(C(=O)OC(C)(C)C)C3)C2=O)cc(C(F)(F)F)c1. The van der Waals surface area contributed by atoms with Crippen molar-refractivity contribution in [2.24, 2.45) is 0 Å². The van der Waals surface area contributed by atoms with Gasteiger partial charge >= 0.3 is 12.3 Å². The van der Waals surface area contributed by atoms with E-state index in [4.69, 9.17) is 4.74 Å². The van der Waals surface area contributed by atoms with E-state index in [0.717, 1.165) is 31.4 Å². The lowest BCUT2D eigenvalue weighted by Gasteiger charge is -2.43. The van der Waals surface area contributed by atoms with Gasteiger partial charge in [-0.2, -0.15) is 13.2 Å². The third-order valence-electron chi connectivity index (χ3n) is 6.03. The van der Waals surface area contributed by atoms with Gasteiger partial charge in [0.2, 0.25) is 5.91 Å². The monoisotopic (exact) mass is 469 g/mol.